The van der Waals surface area contributed by atoms with Gasteiger partial charge in [0.25, 0.3) is 0 Å². The van der Waals surface area contributed by atoms with Crippen LogP contribution >= 0.6 is 0 Å². The highest BCUT2D eigenvalue weighted by molar-refractivity contribution is 5.95. The Morgan fingerprint density at radius 3 is 2.40 bits per heavy atom. The summed E-state index contributed by atoms with van der Waals surface area (Å²) < 4.78 is 16.2. The zero-order chi connectivity index (χ0) is 14.1. The predicted octanol–water partition coefficient (Wildman–Crippen LogP) is 2.96. The van der Waals surface area contributed by atoms with Crippen molar-refractivity contribution in [3.63, 3.8) is 0 Å². The fraction of sp³-hybridized carbons (Fsp3) is 0.188. The summed E-state index contributed by atoms with van der Waals surface area (Å²) in [5.41, 5.74) is 2.11. The quantitative estimate of drug-likeness (QED) is 0.804. The van der Waals surface area contributed by atoms with Gasteiger partial charge in [-0.1, -0.05) is 24.3 Å². The topological polar surface area (TPSA) is 44.8 Å². The van der Waals surface area contributed by atoms with Gasteiger partial charge in [-0.3, -0.25) is 0 Å². The van der Waals surface area contributed by atoms with E-state index >= 15 is 0 Å². The molecule has 102 valence electrons. The van der Waals surface area contributed by atoms with E-state index in [1.54, 1.807) is 26.4 Å². The molecule has 1 aliphatic rings. The van der Waals surface area contributed by atoms with Gasteiger partial charge in [0.05, 0.1) is 25.3 Å². The van der Waals surface area contributed by atoms with E-state index in [4.69, 9.17) is 14.2 Å². The number of para-hydroxylation sites is 1. The standard InChI is InChI=1S/C16H14O4/c1-18-12-8-4-3-6-10(12)15-14-11(16(17)20-15)7-5-9-13(14)19-2/h3-9,15H,1-2H3. The van der Waals surface area contributed by atoms with Crippen molar-refractivity contribution >= 4 is 5.97 Å². The molecular formula is C16H14O4. The summed E-state index contributed by atoms with van der Waals surface area (Å²) in [6.45, 7) is 0. The molecule has 0 spiro atoms. The van der Waals surface area contributed by atoms with Crippen LogP contribution in [-0.2, 0) is 4.74 Å². The van der Waals surface area contributed by atoms with Gasteiger partial charge in [0.15, 0.2) is 6.10 Å². The number of carbonyl (C=O) groups is 1. The molecule has 0 saturated heterocycles. The molecule has 2 aromatic carbocycles. The van der Waals surface area contributed by atoms with Gasteiger partial charge in [0.1, 0.15) is 11.5 Å². The van der Waals surface area contributed by atoms with Crippen molar-refractivity contribution in [3.05, 3.63) is 59.2 Å². The van der Waals surface area contributed by atoms with Crippen molar-refractivity contribution in [2.75, 3.05) is 14.2 Å². The summed E-state index contributed by atoms with van der Waals surface area (Å²) in [6, 6.07) is 12.8. The summed E-state index contributed by atoms with van der Waals surface area (Å²) >= 11 is 0. The van der Waals surface area contributed by atoms with Crippen molar-refractivity contribution in [1.29, 1.82) is 0 Å². The van der Waals surface area contributed by atoms with E-state index < -0.39 is 6.10 Å². The first-order valence-corrected chi connectivity index (χ1v) is 6.27. The van der Waals surface area contributed by atoms with Gasteiger partial charge in [-0.15, -0.1) is 0 Å². The van der Waals surface area contributed by atoms with Crippen molar-refractivity contribution in [2.45, 2.75) is 6.10 Å². The van der Waals surface area contributed by atoms with Crippen LogP contribution in [-0.4, -0.2) is 20.2 Å². The summed E-state index contributed by atoms with van der Waals surface area (Å²) in [5.74, 6) is 0.989. The van der Waals surface area contributed by atoms with Crippen LogP contribution < -0.4 is 9.47 Å². The van der Waals surface area contributed by atoms with Gasteiger partial charge in [-0.2, -0.15) is 0 Å². The molecule has 4 nitrogen and oxygen atoms in total. The summed E-state index contributed by atoms with van der Waals surface area (Å²) in [6.07, 6.45) is -0.496. The minimum absolute atomic E-state index is 0.338. The number of rotatable bonds is 3. The lowest BCUT2D eigenvalue weighted by Crippen LogP contribution is -2.04. The third kappa shape index (κ3) is 1.81. The van der Waals surface area contributed by atoms with Crippen LogP contribution in [0.15, 0.2) is 42.5 Å². The van der Waals surface area contributed by atoms with Gasteiger partial charge in [-0.05, 0) is 18.2 Å². The Labute approximate surface area is 116 Å². The Bertz CT molecular complexity index is 663. The Morgan fingerprint density at radius 1 is 0.950 bits per heavy atom. The van der Waals surface area contributed by atoms with Gasteiger partial charge in [-0.25, -0.2) is 4.79 Å². The second-order valence-electron chi connectivity index (χ2n) is 4.45. The Hall–Kier alpha value is -2.49. The fourth-order valence-corrected chi connectivity index (χ4v) is 2.50. The average Bonchev–Trinajstić information content (AvgIpc) is 2.84. The maximum absolute atomic E-state index is 12.0. The zero-order valence-electron chi connectivity index (χ0n) is 11.3. The van der Waals surface area contributed by atoms with Crippen LogP contribution in [0.3, 0.4) is 0 Å². The van der Waals surface area contributed by atoms with Crippen LogP contribution in [0.1, 0.15) is 27.6 Å². The number of ether oxygens (including phenoxy) is 3. The van der Waals surface area contributed by atoms with Gasteiger partial charge >= 0.3 is 5.97 Å². The molecule has 20 heavy (non-hydrogen) atoms. The number of cyclic esters (lactones) is 1. The smallest absolute Gasteiger partial charge is 0.339 e. The van der Waals surface area contributed by atoms with Crippen LogP contribution in [0.2, 0.25) is 0 Å². The first kappa shape index (κ1) is 12.5. The third-order valence-corrected chi connectivity index (χ3v) is 3.41. The zero-order valence-corrected chi connectivity index (χ0v) is 11.3. The number of hydrogen-bond acceptors (Lipinski definition) is 4. The highest BCUT2D eigenvalue weighted by Gasteiger charge is 2.36. The van der Waals surface area contributed by atoms with E-state index in [-0.39, 0.29) is 5.97 Å². The van der Waals surface area contributed by atoms with Gasteiger partial charge < -0.3 is 14.2 Å². The maximum Gasteiger partial charge on any atom is 0.339 e. The summed E-state index contributed by atoms with van der Waals surface area (Å²) in [7, 11) is 3.18. The highest BCUT2D eigenvalue weighted by Crippen LogP contribution is 2.43. The average molecular weight is 270 g/mol. The molecule has 2 aromatic rings. The summed E-state index contributed by atoms with van der Waals surface area (Å²) in [4.78, 5) is 12.0. The normalized spacial score (nSPS) is 16.5. The third-order valence-electron chi connectivity index (χ3n) is 3.41. The van der Waals surface area contributed by atoms with E-state index in [0.29, 0.717) is 17.1 Å². The predicted molar refractivity (Wildman–Crippen MR) is 73.2 cm³/mol. The van der Waals surface area contributed by atoms with E-state index in [2.05, 4.69) is 0 Å². The van der Waals surface area contributed by atoms with Gasteiger partial charge in [0, 0.05) is 5.56 Å². The number of methoxy groups -OCH3 is 2. The number of carbonyl (C=O) groups excluding carboxylic acids is 1. The van der Waals surface area contributed by atoms with Crippen LogP contribution in [0.5, 0.6) is 11.5 Å². The first-order valence-electron chi connectivity index (χ1n) is 6.27. The van der Waals surface area contributed by atoms with Crippen LogP contribution in [0, 0.1) is 0 Å². The molecule has 0 aliphatic carbocycles. The first-order chi connectivity index (χ1) is 9.76. The van der Waals surface area contributed by atoms with Crippen molar-refractivity contribution in [1.82, 2.24) is 0 Å². The largest absolute Gasteiger partial charge is 0.496 e. The van der Waals surface area contributed by atoms with E-state index in [9.17, 15) is 4.79 Å². The molecule has 1 atom stereocenters. The Balaban J connectivity index is 2.18. The molecule has 0 aromatic heterocycles. The molecule has 0 saturated carbocycles. The number of hydrogen-bond donors (Lipinski definition) is 0. The van der Waals surface area contributed by atoms with Crippen molar-refractivity contribution in [2.24, 2.45) is 0 Å². The molecule has 0 N–H and O–H groups in total. The van der Waals surface area contributed by atoms with Crippen LogP contribution in [0.4, 0.5) is 0 Å². The lowest BCUT2D eigenvalue weighted by atomic mass is 9.97. The Morgan fingerprint density at radius 2 is 1.65 bits per heavy atom. The molecule has 1 heterocycles. The molecule has 1 unspecified atom stereocenters. The van der Waals surface area contributed by atoms with E-state index in [1.807, 2.05) is 30.3 Å². The maximum atomic E-state index is 12.0. The molecule has 0 fully saturated rings. The molecule has 0 radical (unpaired) electrons. The minimum Gasteiger partial charge on any atom is -0.496 e. The molecule has 4 heteroatoms. The van der Waals surface area contributed by atoms with Crippen molar-refractivity contribution in [3.8, 4) is 11.5 Å². The second kappa shape index (κ2) is 4.89. The molecule has 3 rings (SSSR count). The molecular weight excluding hydrogens is 256 g/mol. The lowest BCUT2D eigenvalue weighted by Gasteiger charge is -2.16. The van der Waals surface area contributed by atoms with Crippen molar-refractivity contribution < 1.29 is 19.0 Å². The Kier molecular flexibility index (Phi) is 3.06. The SMILES string of the molecule is COc1ccccc1C1OC(=O)c2cccc(OC)c21. The molecule has 0 bridgehead atoms. The fourth-order valence-electron chi connectivity index (χ4n) is 2.50. The van der Waals surface area contributed by atoms with E-state index in [0.717, 1.165) is 11.1 Å². The highest BCUT2D eigenvalue weighted by atomic mass is 16.6. The number of fused-ring (bicyclic) bond motifs is 1. The monoisotopic (exact) mass is 270 g/mol. The lowest BCUT2D eigenvalue weighted by molar-refractivity contribution is 0.0451. The van der Waals surface area contributed by atoms with Gasteiger partial charge in [0.2, 0.25) is 0 Å². The summed E-state index contributed by atoms with van der Waals surface area (Å²) in [5, 5.41) is 0. The molecule has 0 amide bonds. The number of benzene rings is 2. The molecule has 1 aliphatic heterocycles. The van der Waals surface area contributed by atoms with Crippen LogP contribution in [0.25, 0.3) is 0 Å². The minimum atomic E-state index is -0.496. The van der Waals surface area contributed by atoms with E-state index in [1.165, 1.54) is 0 Å². The second-order valence-corrected chi connectivity index (χ2v) is 4.45. The number of esters is 1.